The van der Waals surface area contributed by atoms with Gasteiger partial charge >= 0.3 is 0 Å². The van der Waals surface area contributed by atoms with Crippen LogP contribution in [0.2, 0.25) is 14.5 Å². The van der Waals surface area contributed by atoms with Gasteiger partial charge in [-0.15, -0.1) is 23.1 Å². The predicted octanol–water partition coefficient (Wildman–Crippen LogP) is 5.40. The summed E-state index contributed by atoms with van der Waals surface area (Å²) in [6, 6.07) is 5.43. The number of hydrogen-bond acceptors (Lipinski definition) is 3. The Bertz CT molecular complexity index is 499. The fourth-order valence-electron chi connectivity index (χ4n) is 1.09. The number of nitrogens with zero attached hydrogens (tertiary/aromatic N) is 1. The summed E-state index contributed by atoms with van der Waals surface area (Å²) in [6.07, 6.45) is 1.78. The van der Waals surface area contributed by atoms with Crippen LogP contribution >= 0.6 is 57.9 Å². The molecule has 0 aliphatic rings. The van der Waals surface area contributed by atoms with Crippen molar-refractivity contribution in [1.29, 1.82) is 0 Å². The van der Waals surface area contributed by atoms with Gasteiger partial charge in [-0.2, -0.15) is 0 Å². The highest BCUT2D eigenvalue weighted by Crippen LogP contribution is 2.33. The maximum absolute atomic E-state index is 6.05. The van der Waals surface area contributed by atoms with E-state index >= 15 is 0 Å². The van der Waals surface area contributed by atoms with E-state index in [0.29, 0.717) is 14.5 Å². The zero-order chi connectivity index (χ0) is 11.5. The van der Waals surface area contributed by atoms with Crippen LogP contribution in [0.4, 0.5) is 0 Å². The van der Waals surface area contributed by atoms with E-state index in [0.717, 1.165) is 15.5 Å². The predicted molar refractivity (Wildman–Crippen MR) is 73.1 cm³/mol. The molecule has 0 aliphatic carbocycles. The Labute approximate surface area is 117 Å². The molecule has 0 amide bonds. The summed E-state index contributed by atoms with van der Waals surface area (Å²) in [5.74, 6) is 0.796. The lowest BCUT2D eigenvalue weighted by molar-refractivity contribution is 1.36. The topological polar surface area (TPSA) is 12.9 Å². The Morgan fingerprint density at radius 1 is 1.25 bits per heavy atom. The first-order valence-corrected chi connectivity index (χ1v) is 7.27. The van der Waals surface area contributed by atoms with Gasteiger partial charge in [0.1, 0.15) is 0 Å². The minimum absolute atomic E-state index is 0.563. The first kappa shape index (κ1) is 12.5. The van der Waals surface area contributed by atoms with E-state index in [-0.39, 0.29) is 0 Å². The second-order valence-electron chi connectivity index (χ2n) is 2.94. The van der Waals surface area contributed by atoms with Crippen LogP contribution in [0.5, 0.6) is 0 Å². The number of thiazole rings is 1. The summed E-state index contributed by atoms with van der Waals surface area (Å²) in [5.41, 5.74) is 0. The molecule has 6 heteroatoms. The monoisotopic (exact) mass is 309 g/mol. The molecule has 2 aromatic rings. The molecule has 16 heavy (non-hydrogen) atoms. The number of aromatic nitrogens is 1. The number of rotatable bonds is 3. The molecule has 0 spiro atoms. The third kappa shape index (κ3) is 3.28. The van der Waals surface area contributed by atoms with E-state index in [2.05, 4.69) is 4.98 Å². The number of benzene rings is 1. The summed E-state index contributed by atoms with van der Waals surface area (Å²) in [5, 5.41) is 1.40. The van der Waals surface area contributed by atoms with E-state index < -0.39 is 0 Å². The molecule has 0 fully saturated rings. The van der Waals surface area contributed by atoms with Gasteiger partial charge in [0.15, 0.2) is 4.47 Å². The van der Waals surface area contributed by atoms with E-state index in [4.69, 9.17) is 34.8 Å². The van der Waals surface area contributed by atoms with Crippen LogP contribution in [-0.4, -0.2) is 4.98 Å². The molecule has 1 aromatic carbocycles. The fraction of sp³-hybridized carbons (Fsp3) is 0.100. The molecule has 0 radical (unpaired) electrons. The zero-order valence-electron chi connectivity index (χ0n) is 7.91. The normalized spacial score (nSPS) is 10.7. The molecule has 2 rings (SSSR count). The smallest absolute Gasteiger partial charge is 0.183 e. The molecular weight excluding hydrogens is 305 g/mol. The molecule has 0 saturated carbocycles. The Hall–Kier alpha value is 0.0700. The van der Waals surface area contributed by atoms with Crippen molar-refractivity contribution < 1.29 is 0 Å². The molecule has 0 N–H and O–H groups in total. The molecule has 0 atom stereocenters. The first-order chi connectivity index (χ1) is 7.65. The lowest BCUT2D eigenvalue weighted by Gasteiger charge is -2.02. The van der Waals surface area contributed by atoms with Gasteiger partial charge in [-0.05, 0) is 18.2 Å². The van der Waals surface area contributed by atoms with Crippen LogP contribution in [0.1, 0.15) is 4.88 Å². The van der Waals surface area contributed by atoms with Gasteiger partial charge in [0, 0.05) is 26.7 Å². The van der Waals surface area contributed by atoms with Crippen molar-refractivity contribution in [2.45, 2.75) is 10.6 Å². The van der Waals surface area contributed by atoms with Gasteiger partial charge in [0.05, 0.1) is 5.02 Å². The average Bonchev–Trinajstić information content (AvgIpc) is 2.66. The second-order valence-corrected chi connectivity index (χ2v) is 6.50. The van der Waals surface area contributed by atoms with Gasteiger partial charge < -0.3 is 0 Å². The maximum atomic E-state index is 6.05. The molecule has 0 aliphatic heterocycles. The van der Waals surface area contributed by atoms with Crippen LogP contribution in [0.25, 0.3) is 0 Å². The highest BCUT2D eigenvalue weighted by Gasteiger charge is 2.05. The molecule has 0 unspecified atom stereocenters. The number of halogens is 3. The van der Waals surface area contributed by atoms with E-state index in [1.54, 1.807) is 30.1 Å². The minimum atomic E-state index is 0.563. The van der Waals surface area contributed by atoms with E-state index in [1.807, 2.05) is 6.07 Å². The minimum Gasteiger partial charge on any atom is -0.233 e. The summed E-state index contributed by atoms with van der Waals surface area (Å²) in [6.45, 7) is 0. The standard InChI is InChI=1S/C10H6Cl3NS2/c11-6-1-2-8(12)9(3-6)15-5-7-4-14-10(13)16-7/h1-4H,5H2. The summed E-state index contributed by atoms with van der Waals surface area (Å²) >= 11 is 20.8. The van der Waals surface area contributed by atoms with Gasteiger partial charge in [-0.25, -0.2) is 4.98 Å². The molecule has 84 valence electrons. The van der Waals surface area contributed by atoms with Gasteiger partial charge in [-0.3, -0.25) is 0 Å². The summed E-state index contributed by atoms with van der Waals surface area (Å²) in [7, 11) is 0. The van der Waals surface area contributed by atoms with Crippen LogP contribution < -0.4 is 0 Å². The second kappa shape index (κ2) is 5.61. The van der Waals surface area contributed by atoms with Crippen molar-refractivity contribution in [3.05, 3.63) is 43.8 Å². The van der Waals surface area contributed by atoms with Crippen LogP contribution in [0.15, 0.2) is 29.3 Å². The van der Waals surface area contributed by atoms with Crippen molar-refractivity contribution in [2.75, 3.05) is 0 Å². The maximum Gasteiger partial charge on any atom is 0.183 e. The Morgan fingerprint density at radius 3 is 2.75 bits per heavy atom. The Kier molecular flexibility index (Phi) is 4.39. The third-order valence-electron chi connectivity index (χ3n) is 1.79. The highest BCUT2D eigenvalue weighted by atomic mass is 35.5. The Balaban J connectivity index is 2.07. The van der Waals surface area contributed by atoms with E-state index in [1.165, 1.54) is 11.3 Å². The van der Waals surface area contributed by atoms with Crippen molar-refractivity contribution in [3.63, 3.8) is 0 Å². The Morgan fingerprint density at radius 2 is 2.06 bits per heavy atom. The summed E-state index contributed by atoms with van der Waals surface area (Å²) in [4.78, 5) is 6.07. The summed E-state index contributed by atoms with van der Waals surface area (Å²) < 4.78 is 0.563. The molecule has 1 aromatic heterocycles. The van der Waals surface area contributed by atoms with Crippen molar-refractivity contribution in [1.82, 2.24) is 4.98 Å². The molecular formula is C10H6Cl3NS2. The lowest BCUT2D eigenvalue weighted by atomic mass is 10.4. The zero-order valence-corrected chi connectivity index (χ0v) is 11.8. The van der Waals surface area contributed by atoms with Crippen molar-refractivity contribution in [2.24, 2.45) is 0 Å². The molecule has 1 nitrogen and oxygen atoms in total. The largest absolute Gasteiger partial charge is 0.233 e. The quantitative estimate of drug-likeness (QED) is 0.704. The number of hydrogen-bond donors (Lipinski definition) is 0. The van der Waals surface area contributed by atoms with Crippen molar-refractivity contribution >= 4 is 57.9 Å². The number of thioether (sulfide) groups is 1. The first-order valence-electron chi connectivity index (χ1n) is 4.33. The van der Waals surface area contributed by atoms with Gasteiger partial charge in [0.2, 0.25) is 0 Å². The van der Waals surface area contributed by atoms with Crippen LogP contribution in [-0.2, 0) is 5.75 Å². The highest BCUT2D eigenvalue weighted by molar-refractivity contribution is 7.98. The lowest BCUT2D eigenvalue weighted by Crippen LogP contribution is -1.77. The molecule has 0 bridgehead atoms. The van der Waals surface area contributed by atoms with Crippen LogP contribution in [0.3, 0.4) is 0 Å². The molecule has 1 heterocycles. The third-order valence-corrected chi connectivity index (χ3v) is 4.87. The SMILES string of the molecule is Clc1ccc(Cl)c(SCc2cnc(Cl)s2)c1. The van der Waals surface area contributed by atoms with Gasteiger partial charge in [0.25, 0.3) is 0 Å². The fourth-order valence-corrected chi connectivity index (χ4v) is 3.58. The van der Waals surface area contributed by atoms with Crippen molar-refractivity contribution in [3.8, 4) is 0 Å². The van der Waals surface area contributed by atoms with Crippen LogP contribution in [0, 0.1) is 0 Å². The van der Waals surface area contributed by atoms with E-state index in [9.17, 15) is 0 Å². The van der Waals surface area contributed by atoms with Gasteiger partial charge in [-0.1, -0.05) is 34.8 Å². The average molecular weight is 311 g/mol. The molecule has 0 saturated heterocycles.